The summed E-state index contributed by atoms with van der Waals surface area (Å²) < 4.78 is 11.6. The van der Waals surface area contributed by atoms with Crippen LogP contribution in [0.25, 0.3) is 0 Å². The van der Waals surface area contributed by atoms with E-state index in [1.807, 2.05) is 20.8 Å². The zero-order chi connectivity index (χ0) is 19.7. The maximum atomic E-state index is 12.7. The van der Waals surface area contributed by atoms with E-state index in [4.69, 9.17) is 9.47 Å². The van der Waals surface area contributed by atoms with Crippen molar-refractivity contribution in [3.8, 4) is 0 Å². The highest BCUT2D eigenvalue weighted by Gasteiger charge is 2.58. The van der Waals surface area contributed by atoms with Crippen LogP contribution in [0.2, 0.25) is 0 Å². The van der Waals surface area contributed by atoms with Crippen molar-refractivity contribution in [2.45, 2.75) is 97.5 Å². The van der Waals surface area contributed by atoms with Gasteiger partial charge in [0, 0.05) is 0 Å². The van der Waals surface area contributed by atoms with E-state index in [1.54, 1.807) is 0 Å². The summed E-state index contributed by atoms with van der Waals surface area (Å²) in [5, 5.41) is 0. The summed E-state index contributed by atoms with van der Waals surface area (Å²) >= 11 is 0. The molecule has 0 saturated heterocycles. The molecule has 0 spiro atoms. The Balaban J connectivity index is 1.59. The van der Waals surface area contributed by atoms with Crippen LogP contribution in [0.15, 0.2) is 0 Å². The van der Waals surface area contributed by atoms with Gasteiger partial charge in [0.1, 0.15) is 12.2 Å². The fraction of sp³-hybridized carbons (Fsp3) is 0.913. The lowest BCUT2D eigenvalue weighted by molar-refractivity contribution is -0.213. The molecule has 4 nitrogen and oxygen atoms in total. The molecule has 154 valence electrons. The van der Waals surface area contributed by atoms with Gasteiger partial charge in [0.05, 0.1) is 11.8 Å². The lowest BCUT2D eigenvalue weighted by atomic mass is 9.49. The van der Waals surface area contributed by atoms with Crippen LogP contribution in [0, 0.1) is 29.1 Å². The van der Waals surface area contributed by atoms with Crippen LogP contribution in [-0.4, -0.2) is 24.1 Å². The van der Waals surface area contributed by atoms with Crippen molar-refractivity contribution >= 4 is 11.9 Å². The van der Waals surface area contributed by atoms with Gasteiger partial charge in [-0.25, -0.2) is 0 Å². The lowest BCUT2D eigenvalue weighted by Crippen LogP contribution is -2.59. The number of hydrogen-bond donors (Lipinski definition) is 0. The summed E-state index contributed by atoms with van der Waals surface area (Å²) in [5.41, 5.74) is -0.735. The highest BCUT2D eigenvalue weighted by molar-refractivity contribution is 5.76. The van der Waals surface area contributed by atoms with Crippen LogP contribution in [0.1, 0.15) is 91.9 Å². The molecular weight excluding hydrogens is 340 g/mol. The van der Waals surface area contributed by atoms with Crippen molar-refractivity contribution in [1.82, 2.24) is 0 Å². The van der Waals surface area contributed by atoms with Gasteiger partial charge in [-0.1, -0.05) is 20.3 Å². The molecule has 27 heavy (non-hydrogen) atoms. The Hall–Kier alpha value is -1.06. The minimum atomic E-state index is -0.492. The first-order valence-corrected chi connectivity index (χ1v) is 11.2. The Bertz CT molecular complexity index is 523. The zero-order valence-electron chi connectivity index (χ0n) is 17.7. The minimum absolute atomic E-state index is 0.130. The topological polar surface area (TPSA) is 52.6 Å². The molecule has 4 saturated carbocycles. The molecule has 4 heteroatoms. The van der Waals surface area contributed by atoms with Gasteiger partial charge in [0.15, 0.2) is 0 Å². The first-order valence-electron chi connectivity index (χ1n) is 11.2. The minimum Gasteiger partial charge on any atom is -0.465 e. The third-order valence-corrected chi connectivity index (χ3v) is 7.72. The van der Waals surface area contributed by atoms with Gasteiger partial charge in [-0.2, -0.15) is 0 Å². The molecule has 0 aromatic heterocycles. The van der Waals surface area contributed by atoms with Crippen LogP contribution in [0.3, 0.4) is 0 Å². The summed E-state index contributed by atoms with van der Waals surface area (Å²) in [5.74, 6) is 2.40. The normalized spacial score (nSPS) is 34.5. The quantitative estimate of drug-likeness (QED) is 0.512. The molecular formula is C23H38O4. The molecule has 0 heterocycles. The molecule has 4 fully saturated rings. The number of carbonyl (C=O) groups excluding carboxylic acids is 2. The van der Waals surface area contributed by atoms with Gasteiger partial charge in [0.2, 0.25) is 0 Å². The summed E-state index contributed by atoms with van der Waals surface area (Å²) in [6.45, 7) is 8.06. The number of carbonyl (C=O) groups is 2. The first kappa shape index (κ1) is 20.7. The number of unbranched alkanes of at least 4 members (excludes halogenated alkanes) is 1. The second-order valence-corrected chi connectivity index (χ2v) is 9.96. The van der Waals surface area contributed by atoms with Crippen LogP contribution >= 0.6 is 0 Å². The molecule has 0 aliphatic heterocycles. The van der Waals surface area contributed by atoms with Crippen LogP contribution in [0.4, 0.5) is 0 Å². The molecule has 0 unspecified atom stereocenters. The Morgan fingerprint density at radius 1 is 1.00 bits per heavy atom. The number of esters is 2. The van der Waals surface area contributed by atoms with Crippen LogP contribution < -0.4 is 0 Å². The summed E-state index contributed by atoms with van der Waals surface area (Å²) in [7, 11) is 0. The third kappa shape index (κ3) is 4.19. The van der Waals surface area contributed by atoms with E-state index in [0.29, 0.717) is 11.8 Å². The molecule has 4 aliphatic rings. The van der Waals surface area contributed by atoms with Crippen molar-refractivity contribution in [3.05, 3.63) is 0 Å². The fourth-order valence-electron chi connectivity index (χ4n) is 5.89. The van der Waals surface area contributed by atoms with Gasteiger partial charge in [-0.05, 0) is 88.9 Å². The van der Waals surface area contributed by atoms with E-state index in [-0.39, 0.29) is 30.6 Å². The van der Waals surface area contributed by atoms with Crippen molar-refractivity contribution in [2.75, 3.05) is 6.61 Å². The Morgan fingerprint density at radius 2 is 1.59 bits per heavy atom. The predicted octanol–water partition coefficient (Wildman–Crippen LogP) is 5.28. The van der Waals surface area contributed by atoms with Crippen LogP contribution in [0.5, 0.6) is 0 Å². The van der Waals surface area contributed by atoms with Crippen molar-refractivity contribution in [3.63, 3.8) is 0 Å². The Morgan fingerprint density at radius 3 is 2.11 bits per heavy atom. The molecule has 0 N–H and O–H groups in total. The SMILES string of the molecule is CCCCC1(OC(=O)CCOC(=O)C(C)(C)CC)C2CC3CC(C2)CC1C3. The molecule has 4 aliphatic carbocycles. The Labute approximate surface area is 164 Å². The average molecular weight is 379 g/mol. The highest BCUT2D eigenvalue weighted by atomic mass is 16.6. The zero-order valence-corrected chi connectivity index (χ0v) is 17.7. The van der Waals surface area contributed by atoms with E-state index in [1.165, 1.54) is 32.1 Å². The fourth-order valence-corrected chi connectivity index (χ4v) is 5.89. The predicted molar refractivity (Wildman–Crippen MR) is 105 cm³/mol. The number of ether oxygens (including phenoxy) is 2. The van der Waals surface area contributed by atoms with Crippen molar-refractivity contribution in [1.29, 1.82) is 0 Å². The van der Waals surface area contributed by atoms with Gasteiger partial charge in [-0.3, -0.25) is 9.59 Å². The van der Waals surface area contributed by atoms with Crippen molar-refractivity contribution < 1.29 is 19.1 Å². The molecule has 0 aromatic rings. The summed E-state index contributed by atoms with van der Waals surface area (Å²) in [4.78, 5) is 24.8. The van der Waals surface area contributed by atoms with Gasteiger partial charge in [0.25, 0.3) is 0 Å². The van der Waals surface area contributed by atoms with Crippen molar-refractivity contribution in [2.24, 2.45) is 29.1 Å². The van der Waals surface area contributed by atoms with E-state index in [0.717, 1.165) is 37.5 Å². The smallest absolute Gasteiger partial charge is 0.311 e. The van der Waals surface area contributed by atoms with Gasteiger partial charge < -0.3 is 9.47 Å². The lowest BCUT2D eigenvalue weighted by Gasteiger charge is -2.60. The standard InChI is InChI=1S/C23H38O4/c1-5-7-9-23(18-12-16-11-17(14-18)15-19(23)13-16)27-20(24)8-10-26-21(25)22(3,4)6-2/h16-19H,5-15H2,1-4H3. The molecule has 4 rings (SSSR count). The number of rotatable bonds is 9. The van der Waals surface area contributed by atoms with Gasteiger partial charge >= 0.3 is 11.9 Å². The van der Waals surface area contributed by atoms with Gasteiger partial charge in [-0.15, -0.1) is 0 Å². The average Bonchev–Trinajstić information content (AvgIpc) is 2.63. The Kier molecular flexibility index (Phi) is 6.22. The third-order valence-electron chi connectivity index (χ3n) is 7.72. The maximum Gasteiger partial charge on any atom is 0.311 e. The molecule has 0 aromatic carbocycles. The maximum absolute atomic E-state index is 12.7. The monoisotopic (exact) mass is 378 g/mol. The largest absolute Gasteiger partial charge is 0.465 e. The second-order valence-electron chi connectivity index (χ2n) is 9.96. The van der Waals surface area contributed by atoms with E-state index in [9.17, 15) is 9.59 Å². The molecule has 0 amide bonds. The second kappa shape index (κ2) is 8.13. The first-order chi connectivity index (χ1) is 12.8. The molecule has 4 bridgehead atoms. The summed E-state index contributed by atoms with van der Waals surface area (Å²) in [6.07, 6.45) is 10.5. The molecule has 0 atom stereocenters. The van der Waals surface area contributed by atoms with E-state index < -0.39 is 5.41 Å². The van der Waals surface area contributed by atoms with E-state index >= 15 is 0 Å². The van der Waals surface area contributed by atoms with E-state index in [2.05, 4.69) is 6.92 Å². The molecule has 0 radical (unpaired) electrons. The number of hydrogen-bond acceptors (Lipinski definition) is 4. The summed E-state index contributed by atoms with van der Waals surface area (Å²) in [6, 6.07) is 0. The van der Waals surface area contributed by atoms with Crippen LogP contribution in [-0.2, 0) is 19.1 Å². The highest BCUT2D eigenvalue weighted by Crippen LogP contribution is 2.61.